The van der Waals surface area contributed by atoms with Gasteiger partial charge in [-0.3, -0.25) is 29.1 Å². The van der Waals surface area contributed by atoms with Crippen LogP contribution in [0.15, 0.2) is 76.2 Å². The molecule has 2 aromatic heterocycles. The Kier molecular flexibility index (Phi) is 9.02. The standard InChI is InChI=1S/C31H29FN8O6/c1-17(2)37-29-31(43)39(16-27(41)34-14-19-5-8-24-26(9-19)46-38-28(24)33)25(15-35-29)20-10-21(12-23(11-20)40(44)45)30(42)36-13-18-3-6-22(32)7-4-18/h3-12,15,17H,13-14,16H2,1-2H3,(H2,33,38)(H,34,41)(H,35,37)(H,36,42). The number of carbonyl (C=O) groups excluding carboxylic acids is 2. The molecule has 0 aliphatic rings. The minimum atomic E-state index is -0.670. The molecule has 3 aromatic carbocycles. The van der Waals surface area contributed by atoms with Crippen molar-refractivity contribution in [2.45, 2.75) is 39.5 Å². The molecular weight excluding hydrogens is 599 g/mol. The second-order valence-corrected chi connectivity index (χ2v) is 10.7. The largest absolute Gasteiger partial charge is 0.380 e. The number of nitrogens with one attached hydrogen (secondary N) is 3. The molecule has 0 radical (unpaired) electrons. The van der Waals surface area contributed by atoms with Gasteiger partial charge in [0, 0.05) is 42.4 Å². The Morgan fingerprint density at radius 1 is 1.04 bits per heavy atom. The van der Waals surface area contributed by atoms with Crippen LogP contribution in [0.25, 0.3) is 22.2 Å². The summed E-state index contributed by atoms with van der Waals surface area (Å²) in [6.07, 6.45) is 1.31. The SMILES string of the molecule is CC(C)Nc1ncc(-c2cc(C(=O)NCc3ccc(F)cc3)cc([N+](=O)[O-])c2)n(CC(=O)NCc2ccc3c(N)noc3c2)c1=O. The van der Waals surface area contributed by atoms with Gasteiger partial charge in [0.05, 0.1) is 22.2 Å². The highest BCUT2D eigenvalue weighted by molar-refractivity contribution is 5.96. The van der Waals surface area contributed by atoms with Crippen LogP contribution in [0.4, 0.5) is 21.7 Å². The molecule has 0 fully saturated rings. The first-order valence-electron chi connectivity index (χ1n) is 14.1. The highest BCUT2D eigenvalue weighted by Gasteiger charge is 2.21. The second kappa shape index (κ2) is 13.3. The zero-order valence-electron chi connectivity index (χ0n) is 24.7. The third-order valence-corrected chi connectivity index (χ3v) is 6.89. The molecule has 2 amide bonds. The maximum absolute atomic E-state index is 13.6. The van der Waals surface area contributed by atoms with Crippen molar-refractivity contribution in [3.05, 3.63) is 110 Å². The Labute approximate surface area is 260 Å². The van der Waals surface area contributed by atoms with E-state index < -0.39 is 40.3 Å². The smallest absolute Gasteiger partial charge is 0.294 e. The van der Waals surface area contributed by atoms with Crippen LogP contribution < -0.4 is 27.2 Å². The number of rotatable bonds is 11. The molecule has 0 bridgehead atoms. The van der Waals surface area contributed by atoms with Crippen molar-refractivity contribution in [3.8, 4) is 11.3 Å². The molecule has 0 saturated heterocycles. The summed E-state index contributed by atoms with van der Waals surface area (Å²) in [5.74, 6) is -1.39. The first-order valence-corrected chi connectivity index (χ1v) is 14.1. The molecule has 5 rings (SSSR count). The lowest BCUT2D eigenvalue weighted by Crippen LogP contribution is -2.35. The fourth-order valence-electron chi connectivity index (χ4n) is 4.64. The molecule has 0 aliphatic carbocycles. The van der Waals surface area contributed by atoms with Crippen LogP contribution in [-0.2, 0) is 24.4 Å². The number of carbonyl (C=O) groups is 2. The topological polar surface area (TPSA) is 200 Å². The van der Waals surface area contributed by atoms with Crippen molar-refractivity contribution in [1.82, 2.24) is 25.3 Å². The number of anilines is 2. The van der Waals surface area contributed by atoms with Gasteiger partial charge in [-0.1, -0.05) is 23.4 Å². The van der Waals surface area contributed by atoms with Crippen molar-refractivity contribution in [1.29, 1.82) is 0 Å². The number of aromatic nitrogens is 3. The highest BCUT2D eigenvalue weighted by Crippen LogP contribution is 2.26. The minimum Gasteiger partial charge on any atom is -0.380 e. The number of hydrogen-bond acceptors (Lipinski definition) is 10. The van der Waals surface area contributed by atoms with E-state index in [1.165, 1.54) is 42.6 Å². The number of fused-ring (bicyclic) bond motifs is 1. The quantitative estimate of drug-likeness (QED) is 0.123. The molecule has 236 valence electrons. The number of benzene rings is 3. The van der Waals surface area contributed by atoms with E-state index in [1.54, 1.807) is 18.2 Å². The van der Waals surface area contributed by atoms with Crippen LogP contribution in [0.2, 0.25) is 0 Å². The Morgan fingerprint density at radius 3 is 2.48 bits per heavy atom. The van der Waals surface area contributed by atoms with Gasteiger partial charge in [0.25, 0.3) is 17.2 Å². The van der Waals surface area contributed by atoms with Crippen LogP contribution in [-0.4, -0.2) is 37.5 Å². The van der Waals surface area contributed by atoms with Crippen molar-refractivity contribution in [2.24, 2.45) is 0 Å². The number of nitro groups is 1. The number of halogens is 1. The zero-order valence-corrected chi connectivity index (χ0v) is 24.7. The molecule has 14 nitrogen and oxygen atoms in total. The van der Waals surface area contributed by atoms with Crippen LogP contribution in [0.1, 0.15) is 35.3 Å². The third kappa shape index (κ3) is 7.15. The molecule has 0 spiro atoms. The predicted molar refractivity (Wildman–Crippen MR) is 167 cm³/mol. The number of hydrogen-bond donors (Lipinski definition) is 4. The summed E-state index contributed by atoms with van der Waals surface area (Å²) in [6.45, 7) is 3.29. The van der Waals surface area contributed by atoms with Gasteiger partial charge in [-0.15, -0.1) is 0 Å². The van der Waals surface area contributed by atoms with Gasteiger partial charge in [0.1, 0.15) is 12.4 Å². The van der Waals surface area contributed by atoms with Gasteiger partial charge in [0.15, 0.2) is 17.2 Å². The van der Waals surface area contributed by atoms with E-state index in [0.717, 1.165) is 10.6 Å². The summed E-state index contributed by atoms with van der Waals surface area (Å²) in [6, 6.07) is 14.1. The van der Waals surface area contributed by atoms with Crippen LogP contribution in [0.3, 0.4) is 0 Å². The normalized spacial score (nSPS) is 11.0. The predicted octanol–water partition coefficient (Wildman–Crippen LogP) is 3.75. The van der Waals surface area contributed by atoms with Crippen LogP contribution in [0, 0.1) is 15.9 Å². The number of non-ortho nitro benzene ring substituents is 1. The molecule has 0 unspecified atom stereocenters. The van der Waals surface area contributed by atoms with E-state index in [2.05, 4.69) is 26.1 Å². The van der Waals surface area contributed by atoms with Gasteiger partial charge in [-0.05, 0) is 55.3 Å². The Bertz CT molecular complexity index is 2010. The summed E-state index contributed by atoms with van der Waals surface area (Å²) in [5, 5.41) is 24.5. The Morgan fingerprint density at radius 2 is 1.76 bits per heavy atom. The van der Waals surface area contributed by atoms with E-state index >= 15 is 0 Å². The van der Waals surface area contributed by atoms with Gasteiger partial charge in [-0.2, -0.15) is 0 Å². The number of nitrogens with two attached hydrogens (primary N) is 1. The van der Waals surface area contributed by atoms with E-state index in [-0.39, 0.29) is 47.6 Å². The molecule has 0 aliphatic heterocycles. The van der Waals surface area contributed by atoms with Gasteiger partial charge >= 0.3 is 0 Å². The molecule has 46 heavy (non-hydrogen) atoms. The Balaban J connectivity index is 1.45. The van der Waals surface area contributed by atoms with Gasteiger partial charge in [-0.25, -0.2) is 9.37 Å². The first-order chi connectivity index (χ1) is 22.0. The van der Waals surface area contributed by atoms with Crippen molar-refractivity contribution < 1.29 is 23.4 Å². The number of amides is 2. The maximum atomic E-state index is 13.6. The summed E-state index contributed by atoms with van der Waals surface area (Å²) >= 11 is 0. The molecule has 0 saturated carbocycles. The fraction of sp³-hybridized carbons (Fsp3) is 0.194. The third-order valence-electron chi connectivity index (χ3n) is 6.89. The Hall–Kier alpha value is -6.12. The lowest BCUT2D eigenvalue weighted by atomic mass is 10.1. The van der Waals surface area contributed by atoms with E-state index in [9.17, 15) is 28.9 Å². The van der Waals surface area contributed by atoms with Crippen LogP contribution >= 0.6 is 0 Å². The molecule has 5 aromatic rings. The molecule has 0 atom stereocenters. The molecular formula is C31H29FN8O6. The maximum Gasteiger partial charge on any atom is 0.294 e. The summed E-state index contributed by atoms with van der Waals surface area (Å²) in [7, 11) is 0. The summed E-state index contributed by atoms with van der Waals surface area (Å²) in [5.41, 5.74) is 6.57. The van der Waals surface area contributed by atoms with Crippen molar-refractivity contribution in [2.75, 3.05) is 11.1 Å². The highest BCUT2D eigenvalue weighted by atomic mass is 19.1. The van der Waals surface area contributed by atoms with E-state index in [4.69, 9.17) is 10.3 Å². The molecule has 15 heteroatoms. The monoisotopic (exact) mass is 628 g/mol. The molecule has 2 heterocycles. The minimum absolute atomic E-state index is 0.0254. The summed E-state index contributed by atoms with van der Waals surface area (Å²) in [4.78, 5) is 55.2. The fourth-order valence-corrected chi connectivity index (χ4v) is 4.64. The van der Waals surface area contributed by atoms with E-state index in [0.29, 0.717) is 22.1 Å². The van der Waals surface area contributed by atoms with Crippen molar-refractivity contribution >= 4 is 40.1 Å². The lowest BCUT2D eigenvalue weighted by Gasteiger charge is -2.16. The molecule has 5 N–H and O–H groups in total. The number of nitrogens with zero attached hydrogens (tertiary/aromatic N) is 4. The lowest BCUT2D eigenvalue weighted by molar-refractivity contribution is -0.384. The van der Waals surface area contributed by atoms with Gasteiger partial charge < -0.3 is 26.2 Å². The van der Waals surface area contributed by atoms with E-state index in [1.807, 2.05) is 13.8 Å². The number of nitro benzene ring substituents is 1. The number of nitrogen functional groups attached to an aromatic ring is 1. The van der Waals surface area contributed by atoms with Crippen molar-refractivity contribution in [3.63, 3.8) is 0 Å². The van der Waals surface area contributed by atoms with Crippen LogP contribution in [0.5, 0.6) is 0 Å². The second-order valence-electron chi connectivity index (χ2n) is 10.7. The zero-order chi connectivity index (χ0) is 33.0. The average molecular weight is 629 g/mol. The first kappa shape index (κ1) is 31.3. The average Bonchev–Trinajstić information content (AvgIpc) is 3.40. The van der Waals surface area contributed by atoms with Gasteiger partial charge in [0.2, 0.25) is 5.91 Å². The summed E-state index contributed by atoms with van der Waals surface area (Å²) < 4.78 is 19.6.